The molecule has 0 amide bonds. The minimum absolute atomic E-state index is 0.257. The topological polar surface area (TPSA) is 101 Å². The van der Waals surface area contributed by atoms with Crippen molar-refractivity contribution in [2.45, 2.75) is 47.1 Å². The highest BCUT2D eigenvalue weighted by atomic mass is 32.2. The third-order valence-corrected chi connectivity index (χ3v) is 11.2. The zero-order valence-electron chi connectivity index (χ0n) is 23.6. The number of ether oxygens (including phenoxy) is 2. The number of nitrogens with one attached hydrogen (secondary N) is 1. The molecule has 2 fully saturated rings. The summed E-state index contributed by atoms with van der Waals surface area (Å²) in [6, 6.07) is 5.39. The molecular weight excluding hydrogens is 546 g/mol. The number of sulfone groups is 1. The first-order chi connectivity index (χ1) is 19.3. The Bertz CT molecular complexity index is 1460. The Kier molecular flexibility index (Phi) is 8.11. The first kappa shape index (κ1) is 28.0. The fourth-order valence-corrected chi connectivity index (χ4v) is 8.37. The lowest BCUT2D eigenvalue weighted by Crippen LogP contribution is -2.38. The van der Waals surface area contributed by atoms with Gasteiger partial charge in [-0.05, 0) is 56.5 Å². The van der Waals surface area contributed by atoms with Gasteiger partial charge in [0.1, 0.15) is 5.82 Å². The number of fused-ring (bicyclic) bond motifs is 2. The Balaban J connectivity index is 1.34. The van der Waals surface area contributed by atoms with Crippen LogP contribution in [0.4, 0.5) is 5.82 Å². The number of methoxy groups -OCH3 is 1. The van der Waals surface area contributed by atoms with E-state index in [0.717, 1.165) is 79.6 Å². The molecule has 5 heterocycles. The van der Waals surface area contributed by atoms with E-state index in [0.29, 0.717) is 24.3 Å². The van der Waals surface area contributed by atoms with Crippen molar-refractivity contribution < 1.29 is 17.9 Å². The van der Waals surface area contributed by atoms with Gasteiger partial charge in [-0.15, -0.1) is 11.8 Å². The summed E-state index contributed by atoms with van der Waals surface area (Å²) in [5.41, 5.74) is 2.59. The molecule has 2 saturated heterocycles. The summed E-state index contributed by atoms with van der Waals surface area (Å²) in [5, 5.41) is 1.32. The molecule has 3 aliphatic rings. The van der Waals surface area contributed by atoms with Crippen molar-refractivity contribution in [3.05, 3.63) is 30.1 Å². The molecule has 0 spiro atoms. The first-order valence-electron chi connectivity index (χ1n) is 14.3. The second-order valence-electron chi connectivity index (χ2n) is 11.3. The molecule has 6 rings (SSSR count). The molecule has 3 aromatic rings. The van der Waals surface area contributed by atoms with Crippen molar-refractivity contribution in [2.75, 3.05) is 70.8 Å². The minimum atomic E-state index is -3.41. The van der Waals surface area contributed by atoms with E-state index in [4.69, 9.17) is 19.4 Å². The average Bonchev–Trinajstić information content (AvgIpc) is 3.56. The van der Waals surface area contributed by atoms with E-state index in [2.05, 4.69) is 21.7 Å². The lowest BCUT2D eigenvalue weighted by molar-refractivity contribution is 0.122. The molecule has 0 radical (unpaired) electrons. The molecule has 2 unspecified atom stereocenters. The number of aromatic nitrogens is 3. The van der Waals surface area contributed by atoms with Gasteiger partial charge in [0.2, 0.25) is 0 Å². The Labute approximate surface area is 241 Å². The van der Waals surface area contributed by atoms with Gasteiger partial charge in [0, 0.05) is 73.4 Å². The number of benzene rings is 1. The van der Waals surface area contributed by atoms with Crippen LogP contribution in [0.1, 0.15) is 37.8 Å². The minimum Gasteiger partial charge on any atom is -0.385 e. The van der Waals surface area contributed by atoms with Crippen LogP contribution in [-0.4, -0.2) is 99.4 Å². The molecule has 1 aromatic carbocycles. The fourth-order valence-electron chi connectivity index (χ4n) is 6.15. The molecule has 0 bridgehead atoms. The summed E-state index contributed by atoms with van der Waals surface area (Å²) in [6.45, 7) is 9.32. The summed E-state index contributed by atoms with van der Waals surface area (Å²) in [7, 11) is -1.62. The average molecular weight is 586 g/mol. The van der Waals surface area contributed by atoms with Crippen LogP contribution < -0.4 is 4.90 Å². The Morgan fingerprint density at radius 3 is 2.65 bits per heavy atom. The van der Waals surface area contributed by atoms with Crippen molar-refractivity contribution >= 4 is 38.3 Å². The maximum Gasteiger partial charge on any atom is 0.175 e. The molecule has 9 nitrogen and oxygen atoms in total. The summed E-state index contributed by atoms with van der Waals surface area (Å²) < 4.78 is 36.1. The van der Waals surface area contributed by atoms with Crippen LogP contribution in [-0.2, 0) is 19.3 Å². The highest BCUT2D eigenvalue weighted by Gasteiger charge is 2.38. The van der Waals surface area contributed by atoms with Crippen molar-refractivity contribution in [1.82, 2.24) is 19.9 Å². The number of aromatic amines is 1. The number of morpholine rings is 1. The van der Waals surface area contributed by atoms with Gasteiger partial charge < -0.3 is 24.3 Å². The first-order valence-corrected chi connectivity index (χ1v) is 17.0. The van der Waals surface area contributed by atoms with Crippen molar-refractivity contribution in [3.8, 4) is 11.4 Å². The Hall–Kier alpha value is -2.18. The summed E-state index contributed by atoms with van der Waals surface area (Å²) in [4.78, 5) is 19.9. The molecule has 0 aliphatic carbocycles. The molecule has 2 aromatic heterocycles. The Morgan fingerprint density at radius 2 is 1.93 bits per heavy atom. The second-order valence-corrected chi connectivity index (χ2v) is 14.6. The zero-order valence-corrected chi connectivity index (χ0v) is 25.2. The standard InChI is InChI=1S/C29H39N5O4S2/c1-19-25(18-33-9-5-20(6-10-33)7-13-37-2)39-27-26(19)31-28(32-29(27)34-11-14-38-15-12-34)23-16-21(40(3,35)36)17-24-22(23)4-8-30-24/h4,8,16-17,19-20,25,30H,5-7,9-15,18H2,1-3H3. The van der Waals surface area contributed by atoms with Gasteiger partial charge in [-0.25, -0.2) is 18.4 Å². The smallest absolute Gasteiger partial charge is 0.175 e. The molecule has 3 aliphatic heterocycles. The van der Waals surface area contributed by atoms with Gasteiger partial charge >= 0.3 is 0 Å². The van der Waals surface area contributed by atoms with E-state index in [1.807, 2.05) is 24.0 Å². The number of hydrogen-bond acceptors (Lipinski definition) is 9. The van der Waals surface area contributed by atoms with Gasteiger partial charge in [0.05, 0.1) is 28.7 Å². The van der Waals surface area contributed by atoms with Gasteiger partial charge in [-0.3, -0.25) is 0 Å². The van der Waals surface area contributed by atoms with Gasteiger partial charge in [0.15, 0.2) is 15.7 Å². The molecule has 11 heteroatoms. The third kappa shape index (κ3) is 5.63. The van der Waals surface area contributed by atoms with E-state index in [-0.39, 0.29) is 10.8 Å². The van der Waals surface area contributed by atoms with Crippen LogP contribution >= 0.6 is 11.8 Å². The number of H-pyrrole nitrogens is 1. The number of thioether (sulfide) groups is 1. The van der Waals surface area contributed by atoms with Crippen LogP contribution in [0.25, 0.3) is 22.3 Å². The molecule has 40 heavy (non-hydrogen) atoms. The van der Waals surface area contributed by atoms with Gasteiger partial charge in [-0.1, -0.05) is 6.92 Å². The summed E-state index contributed by atoms with van der Waals surface area (Å²) in [5.74, 6) is 2.56. The van der Waals surface area contributed by atoms with Crippen molar-refractivity contribution in [2.24, 2.45) is 5.92 Å². The normalized spacial score (nSPS) is 22.7. The summed E-state index contributed by atoms with van der Waals surface area (Å²) >= 11 is 1.92. The largest absolute Gasteiger partial charge is 0.385 e. The highest BCUT2D eigenvalue weighted by Crippen LogP contribution is 2.49. The second kappa shape index (κ2) is 11.6. The zero-order chi connectivity index (χ0) is 27.9. The Morgan fingerprint density at radius 1 is 1.15 bits per heavy atom. The predicted octanol–water partition coefficient (Wildman–Crippen LogP) is 4.19. The molecule has 216 valence electrons. The van der Waals surface area contributed by atoms with E-state index in [1.54, 1.807) is 19.2 Å². The van der Waals surface area contributed by atoms with Crippen LogP contribution in [0.3, 0.4) is 0 Å². The maximum absolute atomic E-state index is 12.5. The molecular formula is C29H39N5O4S2. The van der Waals surface area contributed by atoms with Crippen LogP contribution in [0.2, 0.25) is 0 Å². The monoisotopic (exact) mass is 585 g/mol. The highest BCUT2D eigenvalue weighted by molar-refractivity contribution is 8.00. The van der Waals surface area contributed by atoms with Crippen LogP contribution in [0.15, 0.2) is 34.2 Å². The van der Waals surface area contributed by atoms with E-state index >= 15 is 0 Å². The van der Waals surface area contributed by atoms with Gasteiger partial charge in [0.25, 0.3) is 0 Å². The number of piperidine rings is 1. The van der Waals surface area contributed by atoms with Gasteiger partial charge in [-0.2, -0.15) is 0 Å². The third-order valence-electron chi connectivity index (χ3n) is 8.63. The predicted molar refractivity (Wildman–Crippen MR) is 159 cm³/mol. The maximum atomic E-state index is 12.5. The number of likely N-dealkylation sites (tertiary alicyclic amines) is 1. The summed E-state index contributed by atoms with van der Waals surface area (Å²) in [6.07, 6.45) is 6.69. The molecule has 1 N–H and O–H groups in total. The number of anilines is 1. The fraction of sp³-hybridized carbons (Fsp3) is 0.586. The number of rotatable bonds is 8. The van der Waals surface area contributed by atoms with Crippen molar-refractivity contribution in [3.63, 3.8) is 0 Å². The lowest BCUT2D eigenvalue weighted by atomic mass is 9.93. The molecule has 0 saturated carbocycles. The number of hydrogen-bond donors (Lipinski definition) is 1. The van der Waals surface area contributed by atoms with E-state index in [9.17, 15) is 8.42 Å². The van der Waals surface area contributed by atoms with Crippen LogP contribution in [0, 0.1) is 5.92 Å². The van der Waals surface area contributed by atoms with E-state index < -0.39 is 9.84 Å². The lowest BCUT2D eigenvalue weighted by Gasteiger charge is -2.34. The van der Waals surface area contributed by atoms with Crippen LogP contribution in [0.5, 0.6) is 0 Å². The number of nitrogens with zero attached hydrogens (tertiary/aromatic N) is 4. The quantitative estimate of drug-likeness (QED) is 0.417. The SMILES string of the molecule is COCCC1CCN(CC2Sc3c(nc(-c4cc(S(C)(=O)=O)cc5[nH]ccc45)nc3N3CCOCC3)C2C)CC1. The van der Waals surface area contributed by atoms with E-state index in [1.165, 1.54) is 24.0 Å². The van der Waals surface area contributed by atoms with Crippen molar-refractivity contribution in [1.29, 1.82) is 0 Å². The molecule has 2 atom stereocenters.